The third kappa shape index (κ3) is 4.72. The molecule has 1 saturated carbocycles. The first-order valence-corrected chi connectivity index (χ1v) is 10.7. The van der Waals surface area contributed by atoms with E-state index in [2.05, 4.69) is 5.32 Å². The number of fused-ring (bicyclic) bond motifs is 1. The Morgan fingerprint density at radius 2 is 1.73 bits per heavy atom. The van der Waals surface area contributed by atoms with Crippen molar-refractivity contribution in [3.05, 3.63) is 21.7 Å². The van der Waals surface area contributed by atoms with E-state index in [9.17, 15) is 9.59 Å². The van der Waals surface area contributed by atoms with Gasteiger partial charge in [-0.05, 0) is 52.5 Å². The maximum absolute atomic E-state index is 12.0. The van der Waals surface area contributed by atoms with Crippen molar-refractivity contribution in [1.82, 2.24) is 5.32 Å². The summed E-state index contributed by atoms with van der Waals surface area (Å²) in [4.78, 5) is 24.0. The lowest BCUT2D eigenvalue weighted by Crippen LogP contribution is -2.48. The molecule has 7 nitrogen and oxygen atoms in total. The highest BCUT2D eigenvalue weighted by molar-refractivity contribution is 6.38. The van der Waals surface area contributed by atoms with E-state index in [1.807, 2.05) is 27.7 Å². The summed E-state index contributed by atoms with van der Waals surface area (Å²) < 4.78 is 22.3. The molecule has 166 valence electrons. The number of benzene rings is 1. The van der Waals surface area contributed by atoms with Gasteiger partial charge in [0.05, 0.1) is 17.7 Å². The minimum atomic E-state index is -0.971. The van der Waals surface area contributed by atoms with E-state index in [0.29, 0.717) is 5.75 Å². The van der Waals surface area contributed by atoms with Crippen molar-refractivity contribution in [3.63, 3.8) is 0 Å². The molecule has 1 atom stereocenters. The van der Waals surface area contributed by atoms with Crippen molar-refractivity contribution < 1.29 is 28.5 Å². The Morgan fingerprint density at radius 1 is 1.13 bits per heavy atom. The zero-order valence-electron chi connectivity index (χ0n) is 17.8. The lowest BCUT2D eigenvalue weighted by Gasteiger charge is -2.37. The molecule has 0 saturated heterocycles. The summed E-state index contributed by atoms with van der Waals surface area (Å²) in [5.41, 5.74) is -0.408. The Bertz CT molecular complexity index is 845. The Kier molecular flexibility index (Phi) is 6.35. The molecule has 1 unspecified atom stereocenters. The number of hydrogen-bond acceptors (Lipinski definition) is 6. The molecule has 30 heavy (non-hydrogen) atoms. The molecular formula is C21H27Cl2NO6. The molecule has 1 aromatic carbocycles. The molecule has 1 heterocycles. The molecule has 1 aromatic rings. The summed E-state index contributed by atoms with van der Waals surface area (Å²) in [6, 6.07) is 1.45. The lowest BCUT2D eigenvalue weighted by atomic mass is 9.81. The Hall–Kier alpha value is -1.86. The SMILES string of the molecule is COC(=O)c1cc(Cl)c2c(c1Cl)OC(C)([C@H]1CC[C@H](NC(=O)OC(C)(C)C)CC1)O2. The van der Waals surface area contributed by atoms with Gasteiger partial charge >= 0.3 is 12.1 Å². The van der Waals surface area contributed by atoms with Gasteiger partial charge in [-0.15, -0.1) is 0 Å². The van der Waals surface area contributed by atoms with Gasteiger partial charge in [0.2, 0.25) is 0 Å². The first-order valence-electron chi connectivity index (χ1n) is 9.91. The van der Waals surface area contributed by atoms with Crippen LogP contribution in [0.2, 0.25) is 10.0 Å². The van der Waals surface area contributed by atoms with Crippen molar-refractivity contribution in [2.75, 3.05) is 7.11 Å². The Balaban J connectivity index is 1.67. The molecule has 1 aliphatic carbocycles. The summed E-state index contributed by atoms with van der Waals surface area (Å²) >= 11 is 12.7. The number of amides is 1. The standard InChI is InChI=1S/C21H27Cl2NO6/c1-20(2,3)30-19(26)24-12-8-6-11(7-9-12)21(4)28-16-14(22)10-13(18(25)27-5)15(23)17(16)29-21/h10-12H,6-9H2,1-5H3,(H,24,26)/t11-,12-,21?. The van der Waals surface area contributed by atoms with Crippen LogP contribution in [0.4, 0.5) is 4.79 Å². The van der Waals surface area contributed by atoms with E-state index in [-0.39, 0.29) is 33.3 Å². The number of rotatable bonds is 3. The van der Waals surface area contributed by atoms with Crippen molar-refractivity contribution in [1.29, 1.82) is 0 Å². The minimum Gasteiger partial charge on any atom is -0.465 e. The van der Waals surface area contributed by atoms with E-state index in [0.717, 1.165) is 25.7 Å². The van der Waals surface area contributed by atoms with Crippen LogP contribution in [0, 0.1) is 5.92 Å². The van der Waals surface area contributed by atoms with Gasteiger partial charge in [0, 0.05) is 18.9 Å². The molecule has 1 N–H and O–H groups in total. The van der Waals surface area contributed by atoms with Crippen LogP contribution in [0.1, 0.15) is 63.7 Å². The minimum absolute atomic E-state index is 0.0292. The van der Waals surface area contributed by atoms with Crippen LogP contribution < -0.4 is 14.8 Å². The summed E-state index contributed by atoms with van der Waals surface area (Å²) in [5, 5.41) is 3.28. The smallest absolute Gasteiger partial charge is 0.407 e. The summed E-state index contributed by atoms with van der Waals surface area (Å²) in [5.74, 6) is -0.945. The van der Waals surface area contributed by atoms with E-state index >= 15 is 0 Å². The molecule has 0 bridgehead atoms. The van der Waals surface area contributed by atoms with Crippen LogP contribution in [0.5, 0.6) is 11.5 Å². The molecular weight excluding hydrogens is 433 g/mol. The number of halogens is 2. The van der Waals surface area contributed by atoms with Crippen LogP contribution in [-0.4, -0.2) is 36.6 Å². The van der Waals surface area contributed by atoms with Gasteiger partial charge in [0.15, 0.2) is 11.5 Å². The second-order valence-electron chi connectivity index (χ2n) is 8.78. The topological polar surface area (TPSA) is 83.1 Å². The van der Waals surface area contributed by atoms with Gasteiger partial charge in [0.1, 0.15) is 10.6 Å². The molecule has 0 radical (unpaired) electrons. The average Bonchev–Trinajstić information content (AvgIpc) is 3.03. The van der Waals surface area contributed by atoms with Crippen LogP contribution in [0.15, 0.2) is 6.07 Å². The number of alkyl carbamates (subject to hydrolysis) is 1. The number of ether oxygens (including phenoxy) is 4. The highest BCUT2D eigenvalue weighted by Crippen LogP contribution is 2.53. The first kappa shape index (κ1) is 22.8. The highest BCUT2D eigenvalue weighted by atomic mass is 35.5. The zero-order valence-corrected chi connectivity index (χ0v) is 19.3. The molecule has 0 spiro atoms. The molecule has 1 amide bonds. The van der Waals surface area contributed by atoms with Gasteiger partial charge in [-0.25, -0.2) is 9.59 Å². The number of methoxy groups -OCH3 is 1. The molecule has 2 aliphatic rings. The van der Waals surface area contributed by atoms with Gasteiger partial charge in [-0.2, -0.15) is 0 Å². The highest BCUT2D eigenvalue weighted by Gasteiger charge is 2.48. The van der Waals surface area contributed by atoms with Gasteiger partial charge in [-0.1, -0.05) is 23.2 Å². The molecule has 9 heteroatoms. The second kappa shape index (κ2) is 8.35. The predicted octanol–water partition coefficient (Wildman–Crippen LogP) is 5.35. The number of carbonyl (C=O) groups excluding carboxylic acids is 2. The zero-order chi connectivity index (χ0) is 22.3. The van der Waals surface area contributed by atoms with Gasteiger partial charge < -0.3 is 24.3 Å². The third-order valence-corrected chi connectivity index (χ3v) is 5.99. The van der Waals surface area contributed by atoms with E-state index in [1.54, 1.807) is 0 Å². The fourth-order valence-corrected chi connectivity index (χ4v) is 4.35. The van der Waals surface area contributed by atoms with Crippen LogP contribution in [-0.2, 0) is 9.47 Å². The normalized spacial score (nSPS) is 25.6. The molecule has 1 aliphatic heterocycles. The Labute approximate surface area is 186 Å². The van der Waals surface area contributed by atoms with E-state index in [1.165, 1.54) is 13.2 Å². The maximum atomic E-state index is 12.0. The number of carbonyl (C=O) groups is 2. The summed E-state index contributed by atoms with van der Waals surface area (Å²) in [7, 11) is 1.27. The number of esters is 1. The fraction of sp³-hybridized carbons (Fsp3) is 0.619. The summed E-state index contributed by atoms with van der Waals surface area (Å²) in [6.45, 7) is 7.33. The third-order valence-electron chi connectivity index (χ3n) is 5.33. The Morgan fingerprint density at radius 3 is 2.30 bits per heavy atom. The largest absolute Gasteiger partial charge is 0.465 e. The fourth-order valence-electron chi connectivity index (χ4n) is 3.86. The summed E-state index contributed by atoms with van der Waals surface area (Å²) in [6.07, 6.45) is 2.65. The van der Waals surface area contributed by atoms with Crippen molar-refractivity contribution in [3.8, 4) is 11.5 Å². The van der Waals surface area contributed by atoms with Crippen LogP contribution >= 0.6 is 23.2 Å². The molecule has 0 aromatic heterocycles. The second-order valence-corrected chi connectivity index (χ2v) is 9.57. The van der Waals surface area contributed by atoms with E-state index < -0.39 is 23.5 Å². The van der Waals surface area contributed by atoms with Crippen molar-refractivity contribution in [2.24, 2.45) is 5.92 Å². The van der Waals surface area contributed by atoms with Crippen molar-refractivity contribution >= 4 is 35.3 Å². The van der Waals surface area contributed by atoms with Crippen LogP contribution in [0.3, 0.4) is 0 Å². The van der Waals surface area contributed by atoms with Crippen molar-refractivity contribution in [2.45, 2.75) is 70.8 Å². The quantitative estimate of drug-likeness (QED) is 0.613. The predicted molar refractivity (Wildman–Crippen MR) is 113 cm³/mol. The maximum Gasteiger partial charge on any atom is 0.407 e. The number of nitrogens with one attached hydrogen (secondary N) is 1. The lowest BCUT2D eigenvalue weighted by molar-refractivity contribution is -0.121. The van der Waals surface area contributed by atoms with Gasteiger partial charge in [-0.3, -0.25) is 0 Å². The first-order chi connectivity index (χ1) is 13.9. The molecule has 1 fully saturated rings. The van der Waals surface area contributed by atoms with Crippen LogP contribution in [0.25, 0.3) is 0 Å². The van der Waals surface area contributed by atoms with E-state index in [4.69, 9.17) is 42.1 Å². The molecule has 3 rings (SSSR count). The monoisotopic (exact) mass is 459 g/mol. The number of hydrogen-bond donors (Lipinski definition) is 1. The average molecular weight is 460 g/mol. The van der Waals surface area contributed by atoms with Gasteiger partial charge in [0.25, 0.3) is 5.79 Å².